The Morgan fingerprint density at radius 1 is 1.45 bits per heavy atom. The molecule has 20 heavy (non-hydrogen) atoms. The van der Waals surface area contributed by atoms with E-state index in [1.165, 1.54) is 17.8 Å². The van der Waals surface area contributed by atoms with Crippen molar-refractivity contribution in [3.05, 3.63) is 42.0 Å². The molecule has 1 aromatic heterocycles. The van der Waals surface area contributed by atoms with Gasteiger partial charge in [0, 0.05) is 13.6 Å². The van der Waals surface area contributed by atoms with Crippen LogP contribution in [0.5, 0.6) is 0 Å². The number of benzene rings is 1. The van der Waals surface area contributed by atoms with E-state index in [1.54, 1.807) is 29.1 Å². The summed E-state index contributed by atoms with van der Waals surface area (Å²) in [6.07, 6.45) is 2.06. The number of nitrogens with one attached hydrogen (secondary N) is 1. The molecule has 0 aliphatic carbocycles. The molecule has 0 bridgehead atoms. The lowest BCUT2D eigenvalue weighted by Gasteiger charge is -2.05. The Morgan fingerprint density at radius 3 is 2.95 bits per heavy atom. The summed E-state index contributed by atoms with van der Waals surface area (Å²) in [7, 11) is 1.82. The molecule has 1 N–H and O–H groups in total. The highest BCUT2D eigenvalue weighted by molar-refractivity contribution is 7.99. The van der Waals surface area contributed by atoms with Gasteiger partial charge in [-0.3, -0.25) is 4.79 Å². The monoisotopic (exact) mass is 294 g/mol. The van der Waals surface area contributed by atoms with Crippen LogP contribution in [-0.4, -0.2) is 33.0 Å². The van der Waals surface area contributed by atoms with Crippen molar-refractivity contribution < 1.29 is 9.18 Å². The highest BCUT2D eigenvalue weighted by Crippen LogP contribution is 2.12. The van der Waals surface area contributed by atoms with Crippen molar-refractivity contribution in [1.82, 2.24) is 20.1 Å². The highest BCUT2D eigenvalue weighted by atomic mass is 32.2. The van der Waals surface area contributed by atoms with Crippen molar-refractivity contribution in [3.8, 4) is 0 Å². The van der Waals surface area contributed by atoms with Crippen LogP contribution in [0.15, 0.2) is 35.7 Å². The minimum absolute atomic E-state index is 0.102. The normalized spacial score (nSPS) is 10.5. The molecule has 0 aliphatic heterocycles. The first-order chi connectivity index (χ1) is 9.66. The van der Waals surface area contributed by atoms with Gasteiger partial charge in [-0.2, -0.15) is 0 Å². The van der Waals surface area contributed by atoms with Crippen LogP contribution < -0.4 is 5.32 Å². The lowest BCUT2D eigenvalue weighted by Crippen LogP contribution is -2.27. The SMILES string of the molecule is Cn1cnnc1SCC(=O)NCCc1ccccc1F. The molecule has 7 heteroatoms. The average Bonchev–Trinajstić information content (AvgIpc) is 2.84. The second kappa shape index (κ2) is 7.04. The maximum atomic E-state index is 13.4. The summed E-state index contributed by atoms with van der Waals surface area (Å²) in [6.45, 7) is 0.416. The molecule has 2 aromatic rings. The molecule has 1 amide bonds. The fourth-order valence-corrected chi connectivity index (χ4v) is 2.34. The van der Waals surface area contributed by atoms with E-state index in [9.17, 15) is 9.18 Å². The van der Waals surface area contributed by atoms with Gasteiger partial charge in [0.2, 0.25) is 5.91 Å². The van der Waals surface area contributed by atoms with Gasteiger partial charge in [-0.15, -0.1) is 10.2 Å². The molecule has 1 aromatic carbocycles. The minimum Gasteiger partial charge on any atom is -0.355 e. The van der Waals surface area contributed by atoms with Crippen molar-refractivity contribution in [3.63, 3.8) is 0 Å². The average molecular weight is 294 g/mol. The molecule has 0 radical (unpaired) electrons. The smallest absolute Gasteiger partial charge is 0.230 e. The third-order valence-corrected chi connectivity index (χ3v) is 3.71. The van der Waals surface area contributed by atoms with E-state index in [-0.39, 0.29) is 17.5 Å². The zero-order valence-corrected chi connectivity index (χ0v) is 11.9. The van der Waals surface area contributed by atoms with Crippen molar-refractivity contribution in [2.45, 2.75) is 11.6 Å². The van der Waals surface area contributed by atoms with E-state index < -0.39 is 0 Å². The van der Waals surface area contributed by atoms with E-state index >= 15 is 0 Å². The zero-order valence-electron chi connectivity index (χ0n) is 11.0. The third kappa shape index (κ3) is 4.06. The molecule has 0 saturated carbocycles. The van der Waals surface area contributed by atoms with Gasteiger partial charge in [0.1, 0.15) is 12.1 Å². The highest BCUT2D eigenvalue weighted by Gasteiger charge is 2.07. The van der Waals surface area contributed by atoms with Crippen molar-refractivity contribution >= 4 is 17.7 Å². The van der Waals surface area contributed by atoms with Crippen LogP contribution in [-0.2, 0) is 18.3 Å². The summed E-state index contributed by atoms with van der Waals surface area (Å²) in [4.78, 5) is 11.6. The Kier molecular flexibility index (Phi) is 5.11. The first kappa shape index (κ1) is 14.5. The number of amides is 1. The second-order valence-electron chi connectivity index (χ2n) is 4.20. The van der Waals surface area contributed by atoms with Gasteiger partial charge in [-0.05, 0) is 18.1 Å². The third-order valence-electron chi connectivity index (χ3n) is 2.68. The fourth-order valence-electron chi connectivity index (χ4n) is 1.62. The summed E-state index contributed by atoms with van der Waals surface area (Å²) in [5.41, 5.74) is 0.605. The van der Waals surface area contributed by atoms with E-state index in [2.05, 4.69) is 15.5 Å². The zero-order chi connectivity index (χ0) is 14.4. The van der Waals surface area contributed by atoms with Crippen LogP contribution >= 0.6 is 11.8 Å². The molecule has 0 saturated heterocycles. The van der Waals surface area contributed by atoms with Crippen molar-refractivity contribution in [1.29, 1.82) is 0 Å². The number of rotatable bonds is 6. The molecule has 106 valence electrons. The lowest BCUT2D eigenvalue weighted by molar-refractivity contribution is -0.118. The molecule has 0 aliphatic rings. The van der Waals surface area contributed by atoms with E-state index in [1.807, 2.05) is 7.05 Å². The van der Waals surface area contributed by atoms with Gasteiger partial charge >= 0.3 is 0 Å². The van der Waals surface area contributed by atoms with Crippen LogP contribution in [0, 0.1) is 5.82 Å². The quantitative estimate of drug-likeness (QED) is 0.818. The van der Waals surface area contributed by atoms with Gasteiger partial charge in [0.25, 0.3) is 0 Å². The lowest BCUT2D eigenvalue weighted by atomic mass is 10.1. The van der Waals surface area contributed by atoms with Gasteiger partial charge in [-0.1, -0.05) is 30.0 Å². The number of carbonyl (C=O) groups excluding carboxylic acids is 1. The first-order valence-electron chi connectivity index (χ1n) is 6.13. The maximum Gasteiger partial charge on any atom is 0.230 e. The predicted molar refractivity (Wildman–Crippen MR) is 74.8 cm³/mol. The molecule has 1 heterocycles. The Labute approximate surface area is 120 Å². The predicted octanol–water partition coefficient (Wildman–Crippen LogP) is 1.41. The molecular weight excluding hydrogens is 279 g/mol. The molecule has 0 unspecified atom stereocenters. The Bertz CT molecular complexity index is 587. The van der Waals surface area contributed by atoms with E-state index in [0.29, 0.717) is 23.7 Å². The summed E-state index contributed by atoms with van der Waals surface area (Å²) in [6, 6.07) is 6.57. The topological polar surface area (TPSA) is 59.8 Å². The molecular formula is C13H15FN4OS. The van der Waals surface area contributed by atoms with Crippen LogP contribution in [0.1, 0.15) is 5.56 Å². The molecule has 2 rings (SSSR count). The Hall–Kier alpha value is -1.89. The van der Waals surface area contributed by atoms with Gasteiger partial charge in [0.05, 0.1) is 5.75 Å². The van der Waals surface area contributed by atoms with E-state index in [0.717, 1.165) is 0 Å². The summed E-state index contributed by atoms with van der Waals surface area (Å²) >= 11 is 1.31. The number of hydrogen-bond donors (Lipinski definition) is 1. The summed E-state index contributed by atoms with van der Waals surface area (Å²) < 4.78 is 15.1. The molecule has 0 spiro atoms. The standard InChI is InChI=1S/C13H15FN4OS/c1-18-9-16-17-13(18)20-8-12(19)15-7-6-10-4-2-3-5-11(10)14/h2-5,9H,6-8H2,1H3,(H,15,19). The van der Waals surface area contributed by atoms with Gasteiger partial charge in [-0.25, -0.2) is 4.39 Å². The number of carbonyl (C=O) groups is 1. The first-order valence-corrected chi connectivity index (χ1v) is 7.12. The second-order valence-corrected chi connectivity index (χ2v) is 5.15. The van der Waals surface area contributed by atoms with E-state index in [4.69, 9.17) is 0 Å². The van der Waals surface area contributed by atoms with Crippen molar-refractivity contribution in [2.24, 2.45) is 7.05 Å². The fraction of sp³-hybridized carbons (Fsp3) is 0.308. The van der Waals surface area contributed by atoms with Gasteiger partial charge in [0.15, 0.2) is 5.16 Å². The number of thioether (sulfide) groups is 1. The number of nitrogens with zero attached hydrogens (tertiary/aromatic N) is 3. The number of halogens is 1. The number of hydrogen-bond acceptors (Lipinski definition) is 4. The molecule has 5 nitrogen and oxygen atoms in total. The largest absolute Gasteiger partial charge is 0.355 e. The minimum atomic E-state index is -0.241. The maximum absolute atomic E-state index is 13.4. The Balaban J connectivity index is 1.71. The van der Waals surface area contributed by atoms with Crippen LogP contribution in [0.4, 0.5) is 4.39 Å². The molecule has 0 fully saturated rings. The molecule has 0 atom stereocenters. The van der Waals surface area contributed by atoms with Crippen LogP contribution in [0.25, 0.3) is 0 Å². The van der Waals surface area contributed by atoms with Gasteiger partial charge < -0.3 is 9.88 Å². The Morgan fingerprint density at radius 2 is 2.25 bits per heavy atom. The van der Waals surface area contributed by atoms with Crippen molar-refractivity contribution in [2.75, 3.05) is 12.3 Å². The summed E-state index contributed by atoms with van der Waals surface area (Å²) in [5.74, 6) is -0.0753. The number of aryl methyl sites for hydroxylation is 1. The number of aromatic nitrogens is 3. The van der Waals surface area contributed by atoms with Crippen LogP contribution in [0.2, 0.25) is 0 Å². The summed E-state index contributed by atoms with van der Waals surface area (Å²) in [5, 5.41) is 11.0. The van der Waals surface area contributed by atoms with Crippen LogP contribution in [0.3, 0.4) is 0 Å².